The van der Waals surface area contributed by atoms with Gasteiger partial charge in [0.25, 0.3) is 0 Å². The maximum absolute atomic E-state index is 12.4. The molecule has 0 bridgehead atoms. The van der Waals surface area contributed by atoms with Crippen LogP contribution < -0.4 is 0 Å². The fourth-order valence-electron chi connectivity index (χ4n) is 3.26. The molecule has 114 valence electrons. The molecule has 20 heavy (non-hydrogen) atoms. The summed E-state index contributed by atoms with van der Waals surface area (Å²) in [6.45, 7) is 3.93. The van der Waals surface area contributed by atoms with Crippen molar-refractivity contribution < 1.29 is 19.4 Å². The van der Waals surface area contributed by atoms with E-state index in [0.29, 0.717) is 0 Å². The second-order valence-electron chi connectivity index (χ2n) is 7.02. The van der Waals surface area contributed by atoms with Crippen LogP contribution in [0.1, 0.15) is 52.4 Å². The molecule has 2 rings (SSSR count). The van der Waals surface area contributed by atoms with Crippen molar-refractivity contribution in [1.29, 1.82) is 0 Å². The molecule has 0 saturated heterocycles. The van der Waals surface area contributed by atoms with E-state index in [4.69, 9.17) is 0 Å². The second kappa shape index (κ2) is 5.65. The van der Waals surface area contributed by atoms with Gasteiger partial charge in [0, 0.05) is 11.2 Å². The van der Waals surface area contributed by atoms with Crippen molar-refractivity contribution in [2.24, 2.45) is 11.3 Å². The van der Waals surface area contributed by atoms with Crippen molar-refractivity contribution in [2.75, 3.05) is 6.16 Å². The van der Waals surface area contributed by atoms with E-state index in [2.05, 4.69) is 0 Å². The van der Waals surface area contributed by atoms with Crippen LogP contribution in [0.25, 0.3) is 0 Å². The third-order valence-corrected chi connectivity index (χ3v) is 7.36. The van der Waals surface area contributed by atoms with Crippen LogP contribution in [-0.2, 0) is 9.36 Å². The van der Waals surface area contributed by atoms with Gasteiger partial charge in [0.2, 0.25) is 7.37 Å². The average Bonchev–Trinajstić information content (AvgIpc) is 3.00. The van der Waals surface area contributed by atoms with Crippen molar-refractivity contribution in [2.45, 2.75) is 58.0 Å². The highest BCUT2D eigenvalue weighted by Crippen LogP contribution is 2.67. The van der Waals surface area contributed by atoms with Gasteiger partial charge in [-0.2, -0.15) is 0 Å². The topological polar surface area (TPSA) is 74.6 Å². The van der Waals surface area contributed by atoms with Gasteiger partial charge < -0.3 is 10.00 Å². The van der Waals surface area contributed by atoms with Gasteiger partial charge in [0.05, 0.1) is 6.16 Å². The van der Waals surface area contributed by atoms with Gasteiger partial charge in [-0.15, -0.1) is 0 Å². The highest BCUT2D eigenvalue weighted by Gasteiger charge is 2.56. The Morgan fingerprint density at radius 3 is 2.30 bits per heavy atom. The van der Waals surface area contributed by atoms with Gasteiger partial charge in [-0.1, -0.05) is 39.2 Å². The fraction of sp³-hybridized carbons (Fsp3) is 0.800. The first-order valence-electron chi connectivity index (χ1n) is 7.48. The Bertz CT molecular complexity index is 460. The van der Waals surface area contributed by atoms with Crippen molar-refractivity contribution in [3.63, 3.8) is 0 Å². The Balaban J connectivity index is 2.07. The Hall–Kier alpha value is -0.600. The first-order valence-corrected chi connectivity index (χ1v) is 9.39. The Morgan fingerprint density at radius 2 is 1.85 bits per heavy atom. The minimum Gasteiger partial charge on any atom is -0.478 e. The van der Waals surface area contributed by atoms with E-state index in [1.54, 1.807) is 6.08 Å². The first-order chi connectivity index (χ1) is 9.22. The minimum atomic E-state index is -3.40. The zero-order valence-corrected chi connectivity index (χ0v) is 13.2. The summed E-state index contributed by atoms with van der Waals surface area (Å²) in [4.78, 5) is 21.5. The number of aliphatic carboxylic acids is 1. The van der Waals surface area contributed by atoms with Crippen LogP contribution in [0.4, 0.5) is 0 Å². The molecule has 0 aromatic rings. The van der Waals surface area contributed by atoms with Crippen LogP contribution in [0.15, 0.2) is 11.6 Å². The molecule has 5 heteroatoms. The molecular formula is C15H25O4P. The molecule has 2 aliphatic rings. The van der Waals surface area contributed by atoms with Gasteiger partial charge in [-0.05, 0) is 30.6 Å². The van der Waals surface area contributed by atoms with Crippen LogP contribution in [0.2, 0.25) is 0 Å². The highest BCUT2D eigenvalue weighted by molar-refractivity contribution is 7.59. The smallest absolute Gasteiger partial charge is 0.331 e. The lowest BCUT2D eigenvalue weighted by atomic mass is 9.88. The number of hydrogen-bond donors (Lipinski definition) is 2. The van der Waals surface area contributed by atoms with Gasteiger partial charge in [0.15, 0.2) is 0 Å². The first kappa shape index (κ1) is 15.8. The molecule has 0 spiro atoms. The molecule has 0 aliphatic heterocycles. The molecular weight excluding hydrogens is 275 g/mol. The van der Waals surface area contributed by atoms with Crippen LogP contribution in [0, 0.1) is 11.3 Å². The van der Waals surface area contributed by atoms with Crippen LogP contribution in [0.5, 0.6) is 0 Å². The third kappa shape index (κ3) is 3.73. The van der Waals surface area contributed by atoms with Gasteiger partial charge in [-0.3, -0.25) is 4.57 Å². The molecule has 2 aliphatic carbocycles. The summed E-state index contributed by atoms with van der Waals surface area (Å²) in [6, 6.07) is 0. The zero-order chi connectivity index (χ0) is 15.0. The van der Waals surface area contributed by atoms with Crippen LogP contribution in [-0.4, -0.2) is 27.8 Å². The number of allylic oxidation sites excluding steroid dienone is 1. The highest BCUT2D eigenvalue weighted by atomic mass is 31.2. The molecule has 2 saturated carbocycles. The Kier molecular flexibility index (Phi) is 4.46. The van der Waals surface area contributed by atoms with Crippen molar-refractivity contribution in [3.05, 3.63) is 11.6 Å². The molecule has 2 N–H and O–H groups in total. The molecule has 4 nitrogen and oxygen atoms in total. The summed E-state index contributed by atoms with van der Waals surface area (Å²) in [6.07, 6.45) is 7.76. The van der Waals surface area contributed by atoms with E-state index >= 15 is 0 Å². The van der Waals surface area contributed by atoms with Gasteiger partial charge >= 0.3 is 5.97 Å². The number of carboxylic acids is 1. The fourth-order valence-corrected chi connectivity index (χ4v) is 6.06. The van der Waals surface area contributed by atoms with E-state index in [9.17, 15) is 19.4 Å². The molecule has 2 atom stereocenters. The molecule has 0 amide bonds. The van der Waals surface area contributed by atoms with Crippen LogP contribution in [0.3, 0.4) is 0 Å². The predicted octanol–water partition coefficient (Wildman–Crippen LogP) is 3.65. The second-order valence-corrected chi connectivity index (χ2v) is 9.47. The number of hydrogen-bond acceptors (Lipinski definition) is 2. The van der Waals surface area contributed by atoms with E-state index in [0.717, 1.165) is 32.1 Å². The minimum absolute atomic E-state index is 0.112. The lowest BCUT2D eigenvalue weighted by molar-refractivity contribution is -0.132. The largest absolute Gasteiger partial charge is 0.478 e. The Labute approximate surface area is 120 Å². The van der Waals surface area contributed by atoms with Gasteiger partial charge in [0.1, 0.15) is 0 Å². The lowest BCUT2D eigenvalue weighted by Crippen LogP contribution is -2.13. The summed E-state index contributed by atoms with van der Waals surface area (Å²) < 4.78 is 12.4. The maximum Gasteiger partial charge on any atom is 0.331 e. The van der Waals surface area contributed by atoms with E-state index in [1.807, 2.05) is 13.8 Å². The van der Waals surface area contributed by atoms with E-state index in [1.165, 1.54) is 6.42 Å². The van der Waals surface area contributed by atoms with Crippen molar-refractivity contribution in [1.82, 2.24) is 0 Å². The van der Waals surface area contributed by atoms with Crippen LogP contribution >= 0.6 is 7.37 Å². The predicted molar refractivity (Wildman–Crippen MR) is 79.2 cm³/mol. The normalized spacial score (nSPS) is 29.8. The van der Waals surface area contributed by atoms with E-state index < -0.39 is 13.3 Å². The van der Waals surface area contributed by atoms with Crippen molar-refractivity contribution >= 4 is 13.3 Å². The molecule has 0 heterocycles. The summed E-state index contributed by atoms with van der Waals surface area (Å²) in [5, 5.41) is 9.30. The number of rotatable bonds is 5. The van der Waals surface area contributed by atoms with Crippen molar-refractivity contribution in [3.8, 4) is 0 Å². The summed E-state index contributed by atoms with van der Waals surface area (Å²) >= 11 is 0. The molecule has 0 aromatic heterocycles. The maximum atomic E-state index is 12.4. The molecule has 2 fully saturated rings. The summed E-state index contributed by atoms with van der Waals surface area (Å²) in [7, 11) is -3.40. The zero-order valence-electron chi connectivity index (χ0n) is 12.3. The quantitative estimate of drug-likeness (QED) is 0.600. The average molecular weight is 300 g/mol. The summed E-state index contributed by atoms with van der Waals surface area (Å²) in [5.41, 5.74) is -0.201. The number of carboxylic acid groups (broad SMARTS) is 1. The SMILES string of the molecule is CC1(C)CC1P(=O)(O)C/C(=C/C1CCCCC1)C(=O)O. The standard InChI is InChI=1S/C15H25O4P/c1-15(2)9-13(15)20(18,19)10-12(14(16)17)8-11-6-4-3-5-7-11/h8,11,13H,3-7,9-10H2,1-2H3,(H,16,17)(H,18,19)/b12-8-. The Morgan fingerprint density at radius 1 is 1.30 bits per heavy atom. The molecule has 2 unspecified atom stereocenters. The lowest BCUT2D eigenvalue weighted by Gasteiger charge is -2.20. The number of carbonyl (C=O) groups is 1. The molecule has 0 aromatic carbocycles. The third-order valence-electron chi connectivity index (χ3n) is 4.71. The monoisotopic (exact) mass is 300 g/mol. The summed E-state index contributed by atoms with van der Waals surface area (Å²) in [5.74, 6) is -0.773. The van der Waals surface area contributed by atoms with Gasteiger partial charge in [-0.25, -0.2) is 4.79 Å². The molecule has 0 radical (unpaired) electrons. The van der Waals surface area contributed by atoms with E-state index in [-0.39, 0.29) is 28.7 Å².